The zero-order chi connectivity index (χ0) is 15.8. The van der Waals surface area contributed by atoms with Crippen LogP contribution < -0.4 is 0 Å². The molecule has 0 N–H and O–H groups in total. The van der Waals surface area contributed by atoms with Crippen molar-refractivity contribution in [2.24, 2.45) is 0 Å². The lowest BCUT2D eigenvalue weighted by molar-refractivity contribution is -0.132. The number of carbonyl (C=O) groups is 1. The highest BCUT2D eigenvalue weighted by molar-refractivity contribution is 9.10. The van der Waals surface area contributed by atoms with E-state index >= 15 is 0 Å². The quantitative estimate of drug-likeness (QED) is 0.789. The van der Waals surface area contributed by atoms with Crippen molar-refractivity contribution in [1.29, 1.82) is 0 Å². The van der Waals surface area contributed by atoms with Gasteiger partial charge in [-0.05, 0) is 31.0 Å². The molecule has 1 aromatic carbocycles. The third-order valence-corrected chi connectivity index (χ3v) is 6.29. The standard InChI is InChI=1S/C13H16BrClN2O3S/c1-16(2)13(18)11-4-3-7-17(11)21(19,20)12-6-5-9(14)8-10(12)15/h5-6,8,11H,3-4,7H2,1-2H3. The largest absolute Gasteiger partial charge is 0.347 e. The second-order valence-electron chi connectivity index (χ2n) is 5.08. The van der Waals surface area contributed by atoms with Gasteiger partial charge in [0.1, 0.15) is 10.9 Å². The molecule has 1 unspecified atom stereocenters. The van der Waals surface area contributed by atoms with Gasteiger partial charge >= 0.3 is 0 Å². The van der Waals surface area contributed by atoms with Gasteiger partial charge in [-0.1, -0.05) is 27.5 Å². The topological polar surface area (TPSA) is 57.7 Å². The van der Waals surface area contributed by atoms with Crippen molar-refractivity contribution in [3.8, 4) is 0 Å². The molecular weight excluding hydrogens is 380 g/mol. The fraction of sp³-hybridized carbons (Fsp3) is 0.462. The van der Waals surface area contributed by atoms with Gasteiger partial charge in [-0.3, -0.25) is 4.79 Å². The molecule has 2 rings (SSSR count). The molecule has 1 fully saturated rings. The number of halogens is 2. The number of carbonyl (C=O) groups excluding carboxylic acids is 1. The summed E-state index contributed by atoms with van der Waals surface area (Å²) in [5, 5.41) is 0.146. The van der Waals surface area contributed by atoms with Crippen LogP contribution in [0.4, 0.5) is 0 Å². The fourth-order valence-corrected chi connectivity index (χ4v) is 5.05. The maximum absolute atomic E-state index is 12.8. The summed E-state index contributed by atoms with van der Waals surface area (Å²) >= 11 is 9.30. The minimum atomic E-state index is -3.78. The smallest absolute Gasteiger partial charge is 0.245 e. The Balaban J connectivity index is 2.41. The van der Waals surface area contributed by atoms with E-state index in [0.717, 1.165) is 0 Å². The van der Waals surface area contributed by atoms with Crippen LogP contribution in [0.25, 0.3) is 0 Å². The predicted molar refractivity (Wildman–Crippen MR) is 84.8 cm³/mol. The van der Waals surface area contributed by atoms with Crippen molar-refractivity contribution in [2.45, 2.75) is 23.8 Å². The number of rotatable bonds is 3. The Kier molecular flexibility index (Phi) is 4.97. The average molecular weight is 396 g/mol. The van der Waals surface area contributed by atoms with Crippen molar-refractivity contribution in [1.82, 2.24) is 9.21 Å². The Labute approximate surface area is 138 Å². The summed E-state index contributed by atoms with van der Waals surface area (Å²) in [4.78, 5) is 13.6. The molecule has 0 aromatic heterocycles. The molecule has 21 heavy (non-hydrogen) atoms. The van der Waals surface area contributed by atoms with Crippen LogP contribution in [-0.2, 0) is 14.8 Å². The lowest BCUT2D eigenvalue weighted by atomic mass is 10.2. The van der Waals surface area contributed by atoms with E-state index in [9.17, 15) is 13.2 Å². The van der Waals surface area contributed by atoms with Crippen LogP contribution in [0.3, 0.4) is 0 Å². The minimum absolute atomic E-state index is 0.0332. The molecule has 1 amide bonds. The van der Waals surface area contributed by atoms with E-state index in [1.807, 2.05) is 0 Å². The highest BCUT2D eigenvalue weighted by Crippen LogP contribution is 2.32. The highest BCUT2D eigenvalue weighted by Gasteiger charge is 2.40. The first-order valence-corrected chi connectivity index (χ1v) is 9.04. The van der Waals surface area contributed by atoms with E-state index in [1.165, 1.54) is 21.3 Å². The second-order valence-corrected chi connectivity index (χ2v) is 8.26. The summed E-state index contributed by atoms with van der Waals surface area (Å²) in [6.45, 7) is 0.332. The van der Waals surface area contributed by atoms with Crippen molar-refractivity contribution < 1.29 is 13.2 Å². The molecule has 1 aromatic rings. The van der Waals surface area contributed by atoms with Crippen molar-refractivity contribution >= 4 is 43.5 Å². The molecule has 1 atom stereocenters. The van der Waals surface area contributed by atoms with Crippen molar-refractivity contribution in [3.05, 3.63) is 27.7 Å². The Morgan fingerprint density at radius 2 is 2.10 bits per heavy atom. The molecule has 0 aliphatic carbocycles. The van der Waals surface area contributed by atoms with Gasteiger partial charge in [-0.2, -0.15) is 4.31 Å². The SMILES string of the molecule is CN(C)C(=O)C1CCCN1S(=O)(=O)c1ccc(Br)cc1Cl. The Morgan fingerprint density at radius 3 is 2.67 bits per heavy atom. The number of hydrogen-bond donors (Lipinski definition) is 0. The first-order valence-electron chi connectivity index (χ1n) is 6.43. The molecular formula is C13H16BrClN2O3S. The normalized spacial score (nSPS) is 19.7. The third kappa shape index (κ3) is 3.26. The van der Waals surface area contributed by atoms with Crippen LogP contribution in [0.5, 0.6) is 0 Å². The molecule has 116 valence electrons. The number of nitrogens with zero attached hydrogens (tertiary/aromatic N) is 2. The van der Waals surface area contributed by atoms with E-state index < -0.39 is 16.1 Å². The molecule has 5 nitrogen and oxygen atoms in total. The summed E-state index contributed by atoms with van der Waals surface area (Å²) in [6, 6.07) is 3.96. The summed E-state index contributed by atoms with van der Waals surface area (Å²) < 4.78 is 27.5. The van der Waals surface area contributed by atoms with Gasteiger partial charge in [0, 0.05) is 25.1 Å². The minimum Gasteiger partial charge on any atom is -0.347 e. The van der Waals surface area contributed by atoms with Crippen LogP contribution in [0.1, 0.15) is 12.8 Å². The van der Waals surface area contributed by atoms with Crippen LogP contribution in [0.15, 0.2) is 27.6 Å². The summed E-state index contributed by atoms with van der Waals surface area (Å²) in [7, 11) is -0.535. The van der Waals surface area contributed by atoms with Gasteiger partial charge in [-0.15, -0.1) is 0 Å². The van der Waals surface area contributed by atoms with E-state index in [1.54, 1.807) is 20.2 Å². The van der Waals surface area contributed by atoms with E-state index in [4.69, 9.17) is 11.6 Å². The lowest BCUT2D eigenvalue weighted by Gasteiger charge is -2.26. The molecule has 1 aliphatic rings. The fourth-order valence-electron chi connectivity index (χ4n) is 2.38. The number of benzene rings is 1. The van der Waals surface area contributed by atoms with Crippen LogP contribution in [0, 0.1) is 0 Å². The number of hydrogen-bond acceptors (Lipinski definition) is 3. The molecule has 0 bridgehead atoms. The van der Waals surface area contributed by atoms with E-state index in [-0.39, 0.29) is 15.8 Å². The Morgan fingerprint density at radius 1 is 1.43 bits per heavy atom. The molecule has 0 spiro atoms. The van der Waals surface area contributed by atoms with Gasteiger partial charge < -0.3 is 4.90 Å². The first-order chi connectivity index (χ1) is 9.75. The monoisotopic (exact) mass is 394 g/mol. The third-order valence-electron chi connectivity index (χ3n) is 3.41. The highest BCUT2D eigenvalue weighted by atomic mass is 79.9. The van der Waals surface area contributed by atoms with Gasteiger partial charge in [-0.25, -0.2) is 8.42 Å². The van der Waals surface area contributed by atoms with Gasteiger partial charge in [0.25, 0.3) is 0 Å². The summed E-state index contributed by atoms with van der Waals surface area (Å²) in [6.07, 6.45) is 1.20. The number of sulfonamides is 1. The van der Waals surface area contributed by atoms with Crippen molar-refractivity contribution in [3.63, 3.8) is 0 Å². The Bertz CT molecular complexity index is 663. The van der Waals surface area contributed by atoms with E-state index in [0.29, 0.717) is 23.9 Å². The van der Waals surface area contributed by atoms with E-state index in [2.05, 4.69) is 15.9 Å². The van der Waals surface area contributed by atoms with Crippen LogP contribution in [-0.4, -0.2) is 50.2 Å². The zero-order valence-corrected chi connectivity index (χ0v) is 14.9. The van der Waals surface area contributed by atoms with Gasteiger partial charge in [0.2, 0.25) is 15.9 Å². The average Bonchev–Trinajstić information content (AvgIpc) is 2.86. The summed E-state index contributed by atoms with van der Waals surface area (Å²) in [5.74, 6) is -0.204. The maximum Gasteiger partial charge on any atom is 0.245 e. The molecule has 0 radical (unpaired) electrons. The number of amides is 1. The predicted octanol–water partition coefficient (Wildman–Crippen LogP) is 2.34. The Hall–Kier alpha value is -0.630. The maximum atomic E-state index is 12.8. The van der Waals surface area contributed by atoms with Crippen LogP contribution in [0.2, 0.25) is 5.02 Å². The summed E-state index contributed by atoms with van der Waals surface area (Å²) in [5.41, 5.74) is 0. The second kappa shape index (κ2) is 6.24. The molecule has 8 heteroatoms. The lowest BCUT2D eigenvalue weighted by Crippen LogP contribution is -2.45. The van der Waals surface area contributed by atoms with Gasteiger partial charge in [0.05, 0.1) is 5.02 Å². The molecule has 1 aliphatic heterocycles. The zero-order valence-electron chi connectivity index (χ0n) is 11.7. The molecule has 1 saturated heterocycles. The van der Waals surface area contributed by atoms with Crippen molar-refractivity contribution in [2.75, 3.05) is 20.6 Å². The number of likely N-dealkylation sites (N-methyl/N-ethyl adjacent to an activating group) is 1. The molecule has 0 saturated carbocycles. The first kappa shape index (κ1) is 16.7. The van der Waals surface area contributed by atoms with Crippen LogP contribution >= 0.6 is 27.5 Å². The molecule has 1 heterocycles. The van der Waals surface area contributed by atoms with Gasteiger partial charge in [0.15, 0.2) is 0 Å².